The van der Waals surface area contributed by atoms with E-state index in [1.54, 1.807) is 7.05 Å². The van der Waals surface area contributed by atoms with Crippen LogP contribution in [0.1, 0.15) is 25.5 Å². The van der Waals surface area contributed by atoms with Gasteiger partial charge in [0.2, 0.25) is 11.8 Å². The molecule has 3 atom stereocenters. The molecule has 0 bridgehead atoms. The molecule has 106 valence electrons. The molecule has 1 saturated heterocycles. The minimum absolute atomic E-state index is 0.334. The van der Waals surface area contributed by atoms with Crippen molar-refractivity contribution in [2.75, 3.05) is 0 Å². The Morgan fingerprint density at radius 1 is 1.35 bits per heavy atom. The van der Waals surface area contributed by atoms with Crippen molar-refractivity contribution in [2.45, 2.75) is 19.9 Å². The molecule has 7 heteroatoms. The number of carboxylic acids is 1. The number of hydrogen-bond acceptors (Lipinski definition) is 4. The summed E-state index contributed by atoms with van der Waals surface area (Å²) in [4.78, 5) is 37.0. The first-order valence-corrected chi connectivity index (χ1v) is 6.35. The molecule has 1 aromatic rings. The number of carbonyl (C=O) groups excluding carboxylic acids is 2. The highest BCUT2D eigenvalue weighted by atomic mass is 16.4. The van der Waals surface area contributed by atoms with Gasteiger partial charge >= 0.3 is 5.97 Å². The Labute approximate surface area is 115 Å². The van der Waals surface area contributed by atoms with E-state index in [1.165, 1.54) is 17.1 Å². The first kappa shape index (κ1) is 12.8. The first-order chi connectivity index (χ1) is 9.26. The van der Waals surface area contributed by atoms with Crippen molar-refractivity contribution in [3.8, 4) is 0 Å². The number of fused-ring (bicyclic) bond motifs is 1. The van der Waals surface area contributed by atoms with Gasteiger partial charge in [-0.2, -0.15) is 5.10 Å². The summed E-state index contributed by atoms with van der Waals surface area (Å²) in [7, 11) is 1.65. The molecular weight excluding hydrogens is 262 g/mol. The van der Waals surface area contributed by atoms with Gasteiger partial charge in [-0.3, -0.25) is 19.2 Å². The van der Waals surface area contributed by atoms with E-state index in [2.05, 4.69) is 5.10 Å². The van der Waals surface area contributed by atoms with Gasteiger partial charge < -0.3 is 5.11 Å². The second-order valence-electron chi connectivity index (χ2n) is 6.01. The van der Waals surface area contributed by atoms with Crippen LogP contribution >= 0.6 is 0 Å². The normalized spacial score (nSPS) is 28.4. The number of aromatic nitrogens is 2. The fourth-order valence-electron chi connectivity index (χ4n) is 3.21. The molecule has 2 fully saturated rings. The number of piperidine rings is 1. The van der Waals surface area contributed by atoms with Gasteiger partial charge in [-0.1, -0.05) is 13.8 Å². The van der Waals surface area contributed by atoms with Gasteiger partial charge in [0.25, 0.3) is 0 Å². The predicted octanol–water partition coefficient (Wildman–Crippen LogP) is 0.187. The lowest BCUT2D eigenvalue weighted by atomic mass is 10.0. The lowest BCUT2D eigenvalue weighted by Gasteiger charge is -2.25. The van der Waals surface area contributed by atoms with Gasteiger partial charge in [-0.15, -0.1) is 0 Å². The first-order valence-electron chi connectivity index (χ1n) is 6.35. The Bertz CT molecular complexity index is 609. The second-order valence-corrected chi connectivity index (χ2v) is 6.01. The average Bonchev–Trinajstić information content (AvgIpc) is 2.62. The van der Waals surface area contributed by atoms with Crippen LogP contribution in [0.4, 0.5) is 0 Å². The summed E-state index contributed by atoms with van der Waals surface area (Å²) in [6.45, 7) is 3.71. The molecule has 0 spiro atoms. The van der Waals surface area contributed by atoms with Crippen LogP contribution in [0.3, 0.4) is 0 Å². The maximum Gasteiger partial charge on any atom is 0.331 e. The predicted molar refractivity (Wildman–Crippen MR) is 66.2 cm³/mol. The third kappa shape index (κ3) is 1.46. The second kappa shape index (κ2) is 3.68. The summed E-state index contributed by atoms with van der Waals surface area (Å²) >= 11 is 0. The van der Waals surface area contributed by atoms with Crippen LogP contribution in [0.15, 0.2) is 12.4 Å². The van der Waals surface area contributed by atoms with E-state index < -0.39 is 12.0 Å². The monoisotopic (exact) mass is 277 g/mol. The van der Waals surface area contributed by atoms with Crippen molar-refractivity contribution in [1.29, 1.82) is 0 Å². The highest BCUT2D eigenvalue weighted by Crippen LogP contribution is 2.64. The molecule has 3 rings (SSSR count). The molecule has 1 saturated carbocycles. The van der Waals surface area contributed by atoms with E-state index in [-0.39, 0.29) is 29.1 Å². The highest BCUT2D eigenvalue weighted by Gasteiger charge is 2.73. The number of imide groups is 1. The summed E-state index contributed by atoms with van der Waals surface area (Å²) in [6.07, 6.45) is 2.88. The molecule has 1 aliphatic heterocycles. The molecule has 20 heavy (non-hydrogen) atoms. The van der Waals surface area contributed by atoms with Crippen LogP contribution in [-0.2, 0) is 21.4 Å². The average molecular weight is 277 g/mol. The quantitative estimate of drug-likeness (QED) is 0.796. The molecule has 2 amide bonds. The summed E-state index contributed by atoms with van der Waals surface area (Å²) in [5.41, 5.74) is -0.0105. The van der Waals surface area contributed by atoms with Crippen LogP contribution in [-0.4, -0.2) is 37.6 Å². The lowest BCUT2D eigenvalue weighted by molar-refractivity contribution is -0.157. The number of rotatable bonds is 3. The zero-order valence-electron chi connectivity index (χ0n) is 11.4. The number of hydrogen-bond donors (Lipinski definition) is 1. The molecule has 3 unspecified atom stereocenters. The Morgan fingerprint density at radius 2 is 1.90 bits per heavy atom. The van der Waals surface area contributed by atoms with E-state index in [4.69, 9.17) is 0 Å². The van der Waals surface area contributed by atoms with Crippen molar-refractivity contribution in [2.24, 2.45) is 24.3 Å². The van der Waals surface area contributed by atoms with E-state index in [0.29, 0.717) is 5.56 Å². The third-order valence-electron chi connectivity index (χ3n) is 4.37. The molecule has 0 radical (unpaired) electrons. The number of nitrogens with zero attached hydrogens (tertiary/aromatic N) is 3. The zero-order valence-corrected chi connectivity index (χ0v) is 11.4. The summed E-state index contributed by atoms with van der Waals surface area (Å²) in [6, 6.07) is -1.28. The standard InChI is InChI=1S/C13H15N3O4/c1-13(2)7-8(13)11(18)16(10(7)17)9(12(19)20)6-4-14-15(3)5-6/h4-5,7-9H,1-3H3,(H,19,20). The van der Waals surface area contributed by atoms with Crippen LogP contribution in [0.2, 0.25) is 0 Å². The van der Waals surface area contributed by atoms with Crippen LogP contribution in [0.5, 0.6) is 0 Å². The molecule has 1 aliphatic carbocycles. The van der Waals surface area contributed by atoms with Gasteiger partial charge in [0.1, 0.15) is 0 Å². The SMILES string of the molecule is Cn1cc(C(C(=O)O)N2C(=O)C3C(C2=O)C3(C)C)cn1. The van der Waals surface area contributed by atoms with Gasteiger partial charge in [0.15, 0.2) is 6.04 Å². The molecule has 7 nitrogen and oxygen atoms in total. The number of aliphatic carboxylic acids is 1. The van der Waals surface area contributed by atoms with Crippen LogP contribution < -0.4 is 0 Å². The zero-order chi connectivity index (χ0) is 14.8. The van der Waals surface area contributed by atoms with Gasteiger partial charge in [-0.25, -0.2) is 4.79 Å². The smallest absolute Gasteiger partial charge is 0.331 e. The van der Waals surface area contributed by atoms with Crippen molar-refractivity contribution >= 4 is 17.8 Å². The Kier molecular flexibility index (Phi) is 2.36. The Morgan fingerprint density at radius 3 is 2.30 bits per heavy atom. The van der Waals surface area contributed by atoms with E-state index in [0.717, 1.165) is 4.90 Å². The van der Waals surface area contributed by atoms with Crippen molar-refractivity contribution < 1.29 is 19.5 Å². The maximum atomic E-state index is 12.3. The summed E-state index contributed by atoms with van der Waals surface area (Å²) in [5, 5.41) is 13.3. The Balaban J connectivity index is 1.97. The number of amides is 2. The summed E-state index contributed by atoms with van der Waals surface area (Å²) in [5.74, 6) is -2.76. The number of likely N-dealkylation sites (tertiary alicyclic amines) is 1. The number of carbonyl (C=O) groups is 3. The van der Waals surface area contributed by atoms with E-state index in [1.807, 2.05) is 13.8 Å². The molecule has 1 aromatic heterocycles. The fraction of sp³-hybridized carbons (Fsp3) is 0.538. The fourth-order valence-corrected chi connectivity index (χ4v) is 3.21. The lowest BCUT2D eigenvalue weighted by Crippen LogP contribution is -2.42. The highest BCUT2D eigenvalue weighted by molar-refractivity contribution is 6.12. The van der Waals surface area contributed by atoms with Crippen LogP contribution in [0, 0.1) is 17.3 Å². The van der Waals surface area contributed by atoms with Crippen molar-refractivity contribution in [3.05, 3.63) is 18.0 Å². The van der Waals surface area contributed by atoms with Gasteiger partial charge in [0.05, 0.1) is 18.0 Å². The molecule has 0 aromatic carbocycles. The van der Waals surface area contributed by atoms with Crippen LogP contribution in [0.25, 0.3) is 0 Å². The molecule has 2 aliphatic rings. The molecule has 1 N–H and O–H groups in total. The summed E-state index contributed by atoms with van der Waals surface area (Å²) < 4.78 is 1.45. The van der Waals surface area contributed by atoms with Gasteiger partial charge in [0, 0.05) is 18.8 Å². The molecule has 2 heterocycles. The topological polar surface area (TPSA) is 92.5 Å². The number of aryl methyl sites for hydroxylation is 1. The number of carboxylic acid groups (broad SMARTS) is 1. The third-order valence-corrected chi connectivity index (χ3v) is 4.37. The van der Waals surface area contributed by atoms with E-state index >= 15 is 0 Å². The van der Waals surface area contributed by atoms with Crippen molar-refractivity contribution in [3.63, 3.8) is 0 Å². The minimum Gasteiger partial charge on any atom is -0.479 e. The maximum absolute atomic E-state index is 12.3. The largest absolute Gasteiger partial charge is 0.479 e. The Hall–Kier alpha value is -2.18. The van der Waals surface area contributed by atoms with E-state index in [9.17, 15) is 19.5 Å². The van der Waals surface area contributed by atoms with Crippen molar-refractivity contribution in [1.82, 2.24) is 14.7 Å². The minimum atomic E-state index is -1.28. The molecular formula is C13H15N3O4. The van der Waals surface area contributed by atoms with Gasteiger partial charge in [-0.05, 0) is 5.41 Å².